The summed E-state index contributed by atoms with van der Waals surface area (Å²) in [4.78, 5) is 4.63. The summed E-state index contributed by atoms with van der Waals surface area (Å²) in [7, 11) is 0. The van der Waals surface area contributed by atoms with E-state index in [1.165, 1.54) is 5.39 Å². The first-order chi connectivity index (χ1) is 9.70. The summed E-state index contributed by atoms with van der Waals surface area (Å²) in [5, 5.41) is 5.61. The molecule has 0 saturated carbocycles. The van der Waals surface area contributed by atoms with Crippen molar-refractivity contribution in [2.45, 2.75) is 33.4 Å². The lowest BCUT2D eigenvalue weighted by atomic mass is 10.1. The number of nitrogens with one attached hydrogen (secondary N) is 1. The van der Waals surface area contributed by atoms with E-state index in [-0.39, 0.29) is 0 Å². The molecule has 2 aromatic rings. The van der Waals surface area contributed by atoms with Gasteiger partial charge in [-0.25, -0.2) is 4.98 Å². The number of ether oxygens (including phenoxy) is 1. The van der Waals surface area contributed by atoms with Crippen LogP contribution in [0, 0.1) is 0 Å². The third kappa shape index (κ3) is 3.81. The number of allylic oxidation sites excluding steroid dienone is 1. The van der Waals surface area contributed by atoms with E-state index < -0.39 is 0 Å². The van der Waals surface area contributed by atoms with Crippen molar-refractivity contribution in [2.24, 2.45) is 0 Å². The molecule has 0 aliphatic rings. The van der Waals surface area contributed by atoms with Crippen LogP contribution in [0.3, 0.4) is 0 Å². The second-order valence-electron chi connectivity index (χ2n) is 5.06. The molecule has 20 heavy (non-hydrogen) atoms. The van der Waals surface area contributed by atoms with E-state index in [0.29, 0.717) is 18.5 Å². The third-order valence-electron chi connectivity index (χ3n) is 3.00. The van der Waals surface area contributed by atoms with Crippen molar-refractivity contribution in [2.75, 3.05) is 6.61 Å². The quantitative estimate of drug-likeness (QED) is 0.813. The molecule has 1 N–H and O–H groups in total. The van der Waals surface area contributed by atoms with E-state index in [4.69, 9.17) is 4.74 Å². The molecule has 3 heteroatoms. The van der Waals surface area contributed by atoms with Crippen molar-refractivity contribution in [3.05, 3.63) is 48.2 Å². The molecular weight excluding hydrogens is 248 g/mol. The van der Waals surface area contributed by atoms with Gasteiger partial charge in [0.05, 0.1) is 5.69 Å². The molecule has 0 aliphatic heterocycles. The van der Waals surface area contributed by atoms with Gasteiger partial charge in [-0.2, -0.15) is 0 Å². The maximum atomic E-state index is 5.78. The maximum absolute atomic E-state index is 5.78. The highest BCUT2D eigenvalue weighted by Crippen LogP contribution is 2.24. The largest absolute Gasteiger partial charge is 0.473 e. The number of nitrogens with zero attached hydrogens (tertiary/aromatic N) is 1. The zero-order chi connectivity index (χ0) is 14.4. The van der Waals surface area contributed by atoms with Crippen molar-refractivity contribution in [3.8, 4) is 5.88 Å². The van der Waals surface area contributed by atoms with Gasteiger partial charge in [-0.1, -0.05) is 44.2 Å². The lowest BCUT2D eigenvalue weighted by Crippen LogP contribution is -2.22. The third-order valence-corrected chi connectivity index (χ3v) is 3.00. The van der Waals surface area contributed by atoms with E-state index in [1.54, 1.807) is 0 Å². The van der Waals surface area contributed by atoms with Crippen LogP contribution < -0.4 is 10.1 Å². The Balaban J connectivity index is 2.30. The molecular formula is C17H22N2O. The minimum absolute atomic E-state index is 0.440. The van der Waals surface area contributed by atoms with Crippen molar-refractivity contribution >= 4 is 10.8 Å². The molecule has 1 aromatic carbocycles. The summed E-state index contributed by atoms with van der Waals surface area (Å²) in [6.07, 6.45) is 3.96. The van der Waals surface area contributed by atoms with Gasteiger partial charge in [0.15, 0.2) is 0 Å². The average molecular weight is 270 g/mol. The van der Waals surface area contributed by atoms with Gasteiger partial charge in [-0.05, 0) is 24.4 Å². The van der Waals surface area contributed by atoms with Gasteiger partial charge in [0, 0.05) is 18.0 Å². The molecule has 1 heterocycles. The first-order valence-corrected chi connectivity index (χ1v) is 7.06. The standard InChI is InChI=1S/C17H22N2O/c1-4-5-10-20-17-16-9-7-6-8-14(16)11-15(19-17)12-18-13(2)3/h4-9,11,13,18H,10,12H2,1-3H3. The Hall–Kier alpha value is -1.87. The number of rotatable bonds is 6. The molecule has 1 aromatic heterocycles. The Morgan fingerprint density at radius 1 is 1.30 bits per heavy atom. The van der Waals surface area contributed by atoms with E-state index in [2.05, 4.69) is 36.3 Å². The number of hydrogen-bond acceptors (Lipinski definition) is 3. The Labute approximate surface area is 120 Å². The monoisotopic (exact) mass is 270 g/mol. The summed E-state index contributed by atoms with van der Waals surface area (Å²) in [6.45, 7) is 7.55. The predicted octanol–water partition coefficient (Wildman–Crippen LogP) is 3.69. The molecule has 0 fully saturated rings. The second-order valence-corrected chi connectivity index (χ2v) is 5.06. The Kier molecular flexibility index (Phi) is 5.13. The number of benzene rings is 1. The van der Waals surface area contributed by atoms with Crippen molar-refractivity contribution in [1.82, 2.24) is 10.3 Å². The van der Waals surface area contributed by atoms with Crippen LogP contribution >= 0.6 is 0 Å². The first-order valence-electron chi connectivity index (χ1n) is 7.06. The molecule has 106 valence electrons. The number of hydrogen-bond donors (Lipinski definition) is 1. The molecule has 0 saturated heterocycles. The normalized spacial score (nSPS) is 11.6. The summed E-state index contributed by atoms with van der Waals surface area (Å²) in [5.41, 5.74) is 1.01. The van der Waals surface area contributed by atoms with Crippen LogP contribution in [-0.4, -0.2) is 17.6 Å². The Morgan fingerprint density at radius 2 is 2.10 bits per heavy atom. The predicted molar refractivity (Wildman–Crippen MR) is 84.0 cm³/mol. The van der Waals surface area contributed by atoms with Crippen LogP contribution in [0.1, 0.15) is 26.5 Å². The fraction of sp³-hybridized carbons (Fsp3) is 0.353. The van der Waals surface area contributed by atoms with Crippen LogP contribution in [0.15, 0.2) is 42.5 Å². The molecule has 2 rings (SSSR count). The van der Waals surface area contributed by atoms with Gasteiger partial charge in [-0.15, -0.1) is 0 Å². The van der Waals surface area contributed by atoms with E-state index in [1.807, 2.05) is 37.3 Å². The molecule has 0 aliphatic carbocycles. The zero-order valence-electron chi connectivity index (χ0n) is 12.4. The Morgan fingerprint density at radius 3 is 2.85 bits per heavy atom. The molecule has 0 atom stereocenters. The SMILES string of the molecule is CC=CCOc1nc(CNC(C)C)cc2ccccc12. The topological polar surface area (TPSA) is 34.1 Å². The van der Waals surface area contributed by atoms with E-state index in [9.17, 15) is 0 Å². The minimum atomic E-state index is 0.440. The highest BCUT2D eigenvalue weighted by molar-refractivity contribution is 5.87. The summed E-state index contributed by atoms with van der Waals surface area (Å²) in [6, 6.07) is 10.8. The summed E-state index contributed by atoms with van der Waals surface area (Å²) < 4.78 is 5.78. The number of aromatic nitrogens is 1. The summed E-state index contributed by atoms with van der Waals surface area (Å²) in [5.74, 6) is 0.710. The Bertz CT molecular complexity index is 591. The average Bonchev–Trinajstić information content (AvgIpc) is 2.45. The van der Waals surface area contributed by atoms with E-state index in [0.717, 1.165) is 17.6 Å². The van der Waals surface area contributed by atoms with Crippen molar-refractivity contribution < 1.29 is 4.74 Å². The lowest BCUT2D eigenvalue weighted by molar-refractivity contribution is 0.351. The van der Waals surface area contributed by atoms with E-state index >= 15 is 0 Å². The van der Waals surface area contributed by atoms with Gasteiger partial charge >= 0.3 is 0 Å². The smallest absolute Gasteiger partial charge is 0.221 e. The maximum Gasteiger partial charge on any atom is 0.221 e. The minimum Gasteiger partial charge on any atom is -0.473 e. The molecule has 0 amide bonds. The van der Waals surface area contributed by atoms with Gasteiger partial charge < -0.3 is 10.1 Å². The van der Waals surface area contributed by atoms with Crippen LogP contribution in [0.2, 0.25) is 0 Å². The summed E-state index contributed by atoms with van der Waals surface area (Å²) >= 11 is 0. The van der Waals surface area contributed by atoms with Crippen molar-refractivity contribution in [1.29, 1.82) is 0 Å². The second kappa shape index (κ2) is 7.06. The molecule has 0 spiro atoms. The fourth-order valence-electron chi connectivity index (χ4n) is 1.95. The molecule has 0 radical (unpaired) electrons. The van der Waals surface area contributed by atoms with Gasteiger partial charge in [-0.3, -0.25) is 0 Å². The fourth-order valence-corrected chi connectivity index (χ4v) is 1.95. The highest BCUT2D eigenvalue weighted by Gasteiger charge is 2.07. The van der Waals surface area contributed by atoms with Gasteiger partial charge in [0.25, 0.3) is 0 Å². The van der Waals surface area contributed by atoms with Gasteiger partial charge in [0.1, 0.15) is 6.61 Å². The number of fused-ring (bicyclic) bond motifs is 1. The zero-order valence-corrected chi connectivity index (χ0v) is 12.4. The molecule has 3 nitrogen and oxygen atoms in total. The molecule has 0 unspecified atom stereocenters. The van der Waals surface area contributed by atoms with Crippen LogP contribution in [0.5, 0.6) is 5.88 Å². The highest BCUT2D eigenvalue weighted by atomic mass is 16.5. The lowest BCUT2D eigenvalue weighted by Gasteiger charge is -2.11. The number of pyridine rings is 1. The first kappa shape index (κ1) is 14.5. The van der Waals surface area contributed by atoms with Gasteiger partial charge in [0.2, 0.25) is 5.88 Å². The molecule has 0 bridgehead atoms. The van der Waals surface area contributed by atoms with Crippen LogP contribution in [0.25, 0.3) is 10.8 Å². The van der Waals surface area contributed by atoms with Crippen LogP contribution in [-0.2, 0) is 6.54 Å². The van der Waals surface area contributed by atoms with Crippen molar-refractivity contribution in [3.63, 3.8) is 0 Å². The van der Waals surface area contributed by atoms with Crippen LogP contribution in [0.4, 0.5) is 0 Å².